The SMILES string of the molecule is CC(C)(C)[C@@H](NC(=O)C(F)(F)F)C(=O)N1[C@@H]2CC[C@H]([C@H]1C(=O)N[C@@H](C#N)C[C@@H]1CCCNC1=O)C(F)(F)C2. The van der Waals surface area contributed by atoms with Gasteiger partial charge in [0.1, 0.15) is 18.1 Å². The topological polar surface area (TPSA) is 131 Å². The van der Waals surface area contributed by atoms with Gasteiger partial charge in [0.2, 0.25) is 17.7 Å². The summed E-state index contributed by atoms with van der Waals surface area (Å²) >= 11 is 0. The standard InChI is InChI=1S/C24H32F5N5O4/c1-22(2,3)17(33-21(38)24(27,28)29)20(37)34-14-6-7-15(23(25,26)10-14)16(34)19(36)32-13(11-30)9-12-5-4-8-31-18(12)35/h12-17H,4-10H2,1-3H3,(H,31,35)(H,32,36)(H,33,38)/t12-,13+,14+,15+,16-,17-/m0/s1. The summed E-state index contributed by atoms with van der Waals surface area (Å²) in [6.45, 7) is 4.69. The molecule has 0 aromatic heterocycles. The Hall–Kier alpha value is -2.98. The molecular formula is C24H32F5N5O4. The highest BCUT2D eigenvalue weighted by atomic mass is 19.4. The maximum Gasteiger partial charge on any atom is 0.471 e. The molecule has 4 rings (SSSR count). The predicted octanol–water partition coefficient (Wildman–Crippen LogP) is 2.02. The number of amides is 4. The Morgan fingerprint density at radius 3 is 2.34 bits per heavy atom. The monoisotopic (exact) mass is 549 g/mol. The predicted molar refractivity (Wildman–Crippen MR) is 122 cm³/mol. The van der Waals surface area contributed by atoms with Crippen molar-refractivity contribution in [2.24, 2.45) is 17.3 Å². The quantitative estimate of drug-likeness (QED) is 0.437. The molecule has 4 fully saturated rings. The molecule has 0 radical (unpaired) electrons. The number of fused-ring (bicyclic) bond motifs is 3. The third-order valence-corrected chi connectivity index (χ3v) is 7.50. The van der Waals surface area contributed by atoms with Crippen molar-refractivity contribution in [1.82, 2.24) is 20.9 Å². The number of carbonyl (C=O) groups excluding carboxylic acids is 4. The Bertz CT molecular complexity index is 1010. The van der Waals surface area contributed by atoms with Crippen molar-refractivity contribution < 1.29 is 41.1 Å². The molecule has 2 bridgehead atoms. The molecule has 1 aliphatic carbocycles. The minimum atomic E-state index is -5.29. The van der Waals surface area contributed by atoms with Crippen LogP contribution >= 0.6 is 0 Å². The molecule has 0 aromatic rings. The van der Waals surface area contributed by atoms with Gasteiger partial charge in [-0.05, 0) is 37.5 Å². The number of hydrogen-bond donors (Lipinski definition) is 3. The van der Waals surface area contributed by atoms with E-state index >= 15 is 0 Å². The number of nitriles is 1. The number of nitrogens with zero attached hydrogens (tertiary/aromatic N) is 2. The molecule has 38 heavy (non-hydrogen) atoms. The summed E-state index contributed by atoms with van der Waals surface area (Å²) in [6.07, 6.45) is -5.00. The van der Waals surface area contributed by atoms with Crippen molar-refractivity contribution in [2.75, 3.05) is 6.54 Å². The van der Waals surface area contributed by atoms with Crippen LogP contribution in [0.5, 0.6) is 0 Å². The largest absolute Gasteiger partial charge is 0.471 e. The van der Waals surface area contributed by atoms with Crippen LogP contribution in [0.4, 0.5) is 22.0 Å². The molecular weight excluding hydrogens is 517 g/mol. The molecule has 3 saturated heterocycles. The van der Waals surface area contributed by atoms with Crippen LogP contribution in [0.3, 0.4) is 0 Å². The number of nitrogens with one attached hydrogen (secondary N) is 3. The Morgan fingerprint density at radius 2 is 1.82 bits per heavy atom. The lowest BCUT2D eigenvalue weighted by molar-refractivity contribution is -0.197. The van der Waals surface area contributed by atoms with Gasteiger partial charge in [0.25, 0.3) is 5.92 Å². The van der Waals surface area contributed by atoms with Gasteiger partial charge < -0.3 is 20.9 Å². The maximum atomic E-state index is 14.9. The molecule has 3 aliphatic heterocycles. The maximum absolute atomic E-state index is 14.9. The van der Waals surface area contributed by atoms with Gasteiger partial charge >= 0.3 is 12.1 Å². The second-order valence-corrected chi connectivity index (χ2v) is 11.3. The van der Waals surface area contributed by atoms with E-state index in [1.807, 2.05) is 6.07 Å². The highest BCUT2D eigenvalue weighted by Crippen LogP contribution is 2.49. The fraction of sp³-hybridized carbons (Fsp3) is 0.792. The van der Waals surface area contributed by atoms with E-state index in [1.54, 1.807) is 5.32 Å². The van der Waals surface area contributed by atoms with Crippen molar-refractivity contribution in [3.63, 3.8) is 0 Å². The summed E-state index contributed by atoms with van der Waals surface area (Å²) < 4.78 is 68.9. The van der Waals surface area contributed by atoms with Gasteiger partial charge in [-0.1, -0.05) is 20.8 Å². The third-order valence-electron chi connectivity index (χ3n) is 7.50. The van der Waals surface area contributed by atoms with Crippen molar-refractivity contribution in [3.05, 3.63) is 0 Å². The molecule has 0 unspecified atom stereocenters. The Morgan fingerprint density at radius 1 is 1.16 bits per heavy atom. The second kappa shape index (κ2) is 10.6. The lowest BCUT2D eigenvalue weighted by Crippen LogP contribution is -2.71. The van der Waals surface area contributed by atoms with Crippen LogP contribution in [0.25, 0.3) is 0 Å². The van der Waals surface area contributed by atoms with Gasteiger partial charge in [-0.3, -0.25) is 19.2 Å². The summed E-state index contributed by atoms with van der Waals surface area (Å²) in [5.41, 5.74) is -1.26. The van der Waals surface area contributed by atoms with Crippen LogP contribution < -0.4 is 16.0 Å². The van der Waals surface area contributed by atoms with E-state index in [1.165, 1.54) is 20.8 Å². The van der Waals surface area contributed by atoms with Crippen LogP contribution in [0.1, 0.15) is 59.3 Å². The van der Waals surface area contributed by atoms with Crippen LogP contribution in [0.15, 0.2) is 0 Å². The van der Waals surface area contributed by atoms with E-state index in [0.29, 0.717) is 19.4 Å². The van der Waals surface area contributed by atoms with Crippen LogP contribution in [0, 0.1) is 28.6 Å². The van der Waals surface area contributed by atoms with Gasteiger partial charge in [-0.25, -0.2) is 8.78 Å². The molecule has 3 N–H and O–H groups in total. The smallest absolute Gasteiger partial charge is 0.356 e. The summed E-state index contributed by atoms with van der Waals surface area (Å²) in [4.78, 5) is 51.7. The third kappa shape index (κ3) is 6.18. The number of halogens is 5. The summed E-state index contributed by atoms with van der Waals surface area (Å²) in [6, 6.07) is -4.06. The number of alkyl halides is 5. The number of rotatable bonds is 6. The Labute approximate surface area is 216 Å². The van der Waals surface area contributed by atoms with E-state index in [9.17, 15) is 46.4 Å². The normalized spacial score (nSPS) is 28.5. The fourth-order valence-corrected chi connectivity index (χ4v) is 5.58. The molecule has 0 spiro atoms. The van der Waals surface area contributed by atoms with E-state index < -0.39 is 77.7 Å². The molecule has 9 nitrogen and oxygen atoms in total. The summed E-state index contributed by atoms with van der Waals surface area (Å²) in [7, 11) is 0. The van der Waals surface area contributed by atoms with E-state index in [-0.39, 0.29) is 25.2 Å². The van der Waals surface area contributed by atoms with Gasteiger partial charge in [0.05, 0.1) is 12.0 Å². The average Bonchev–Trinajstić information content (AvgIpc) is 2.80. The molecule has 212 valence electrons. The number of piperidine rings is 3. The first-order valence-electron chi connectivity index (χ1n) is 12.5. The Balaban J connectivity index is 1.90. The molecule has 4 amide bonds. The van der Waals surface area contributed by atoms with E-state index in [4.69, 9.17) is 0 Å². The molecule has 1 saturated carbocycles. The minimum absolute atomic E-state index is 0.0640. The minimum Gasteiger partial charge on any atom is -0.356 e. The summed E-state index contributed by atoms with van der Waals surface area (Å²) in [5.74, 6) is -10.3. The highest BCUT2D eigenvalue weighted by molar-refractivity contribution is 5.94. The van der Waals surface area contributed by atoms with Crippen molar-refractivity contribution in [2.45, 2.75) is 95.6 Å². The van der Waals surface area contributed by atoms with Crippen molar-refractivity contribution >= 4 is 23.6 Å². The van der Waals surface area contributed by atoms with Crippen LogP contribution in [-0.4, -0.2) is 71.3 Å². The van der Waals surface area contributed by atoms with E-state index in [2.05, 4.69) is 10.6 Å². The van der Waals surface area contributed by atoms with Gasteiger partial charge in [0.15, 0.2) is 0 Å². The first-order chi connectivity index (χ1) is 17.5. The lowest BCUT2D eigenvalue weighted by Gasteiger charge is -2.55. The Kier molecular flexibility index (Phi) is 8.29. The fourth-order valence-electron chi connectivity index (χ4n) is 5.58. The zero-order chi connectivity index (χ0) is 28.6. The highest BCUT2D eigenvalue weighted by Gasteiger charge is 2.61. The second-order valence-electron chi connectivity index (χ2n) is 11.3. The molecule has 14 heteroatoms. The van der Waals surface area contributed by atoms with Gasteiger partial charge in [0, 0.05) is 24.9 Å². The first kappa shape index (κ1) is 29.6. The van der Waals surface area contributed by atoms with E-state index in [0.717, 1.165) is 4.90 Å². The van der Waals surface area contributed by atoms with Gasteiger partial charge in [-0.2, -0.15) is 18.4 Å². The van der Waals surface area contributed by atoms with Crippen molar-refractivity contribution in [1.29, 1.82) is 5.26 Å². The number of carbonyl (C=O) groups is 4. The number of hydrogen-bond acceptors (Lipinski definition) is 5. The summed E-state index contributed by atoms with van der Waals surface area (Å²) in [5, 5.41) is 16.3. The zero-order valence-corrected chi connectivity index (χ0v) is 21.3. The van der Waals surface area contributed by atoms with Crippen molar-refractivity contribution in [3.8, 4) is 6.07 Å². The molecule has 4 aliphatic rings. The molecule has 3 heterocycles. The molecule has 6 atom stereocenters. The lowest BCUT2D eigenvalue weighted by atomic mass is 9.70. The zero-order valence-electron chi connectivity index (χ0n) is 21.3. The molecule has 0 aromatic carbocycles. The van der Waals surface area contributed by atoms with Crippen LogP contribution in [0.2, 0.25) is 0 Å². The van der Waals surface area contributed by atoms with Gasteiger partial charge in [-0.15, -0.1) is 0 Å². The van der Waals surface area contributed by atoms with Crippen LogP contribution in [-0.2, 0) is 19.2 Å². The average molecular weight is 550 g/mol. The first-order valence-corrected chi connectivity index (χ1v) is 12.5.